The summed E-state index contributed by atoms with van der Waals surface area (Å²) in [4.78, 5) is 16.9. The van der Waals surface area contributed by atoms with E-state index in [1.54, 1.807) is 17.4 Å². The molecule has 1 N–H and O–H groups in total. The maximum atomic E-state index is 12.4. The summed E-state index contributed by atoms with van der Waals surface area (Å²) >= 11 is 13.3. The Morgan fingerprint density at radius 3 is 2.40 bits per heavy atom. The summed E-state index contributed by atoms with van der Waals surface area (Å²) in [5, 5.41) is 5.58. The predicted molar refractivity (Wildman–Crippen MR) is 127 cm³/mol. The van der Waals surface area contributed by atoms with Crippen LogP contribution in [-0.2, 0) is 11.5 Å². The SMILES string of the molecule is O=C(CN1CCN(Cn2c(-c3ccccc3)csc2=S)CC1)Nc1ccccc1Cl. The summed E-state index contributed by atoms with van der Waals surface area (Å²) < 4.78 is 3.09. The van der Waals surface area contributed by atoms with Gasteiger partial charge in [-0.2, -0.15) is 0 Å². The van der Waals surface area contributed by atoms with Crippen molar-refractivity contribution in [3.05, 3.63) is 69.0 Å². The van der Waals surface area contributed by atoms with Crippen LogP contribution in [-0.4, -0.2) is 53.0 Å². The lowest BCUT2D eigenvalue weighted by molar-refractivity contribution is -0.117. The zero-order valence-corrected chi connectivity index (χ0v) is 18.8. The topological polar surface area (TPSA) is 40.5 Å². The van der Waals surface area contributed by atoms with E-state index >= 15 is 0 Å². The number of nitrogens with one attached hydrogen (secondary N) is 1. The number of para-hydroxylation sites is 1. The number of rotatable bonds is 6. The minimum absolute atomic E-state index is 0.0389. The van der Waals surface area contributed by atoms with Crippen molar-refractivity contribution >= 4 is 46.8 Å². The van der Waals surface area contributed by atoms with Crippen LogP contribution in [0.25, 0.3) is 11.3 Å². The monoisotopic (exact) mass is 458 g/mol. The molecule has 0 atom stereocenters. The smallest absolute Gasteiger partial charge is 0.238 e. The Hall–Kier alpha value is -2.03. The number of nitrogens with zero attached hydrogens (tertiary/aromatic N) is 3. The molecule has 0 saturated carbocycles. The van der Waals surface area contributed by atoms with E-state index in [9.17, 15) is 4.79 Å². The van der Waals surface area contributed by atoms with Crippen molar-refractivity contribution in [2.24, 2.45) is 0 Å². The summed E-state index contributed by atoms with van der Waals surface area (Å²) in [6, 6.07) is 17.6. The highest BCUT2D eigenvalue weighted by Gasteiger charge is 2.20. The third-order valence-electron chi connectivity index (χ3n) is 5.17. The van der Waals surface area contributed by atoms with Gasteiger partial charge in [-0.25, -0.2) is 0 Å². The second-order valence-corrected chi connectivity index (χ2v) is 9.15. The summed E-state index contributed by atoms with van der Waals surface area (Å²) in [6.07, 6.45) is 0. The third kappa shape index (κ3) is 5.17. The average molecular weight is 459 g/mol. The molecule has 1 saturated heterocycles. The quantitative estimate of drug-likeness (QED) is 0.538. The van der Waals surface area contributed by atoms with Gasteiger partial charge in [-0.15, -0.1) is 11.3 Å². The van der Waals surface area contributed by atoms with E-state index in [1.807, 2.05) is 36.4 Å². The first-order chi connectivity index (χ1) is 14.6. The van der Waals surface area contributed by atoms with Gasteiger partial charge in [0.15, 0.2) is 3.95 Å². The Bertz CT molecular complexity index is 1060. The van der Waals surface area contributed by atoms with Crippen molar-refractivity contribution in [2.45, 2.75) is 6.67 Å². The van der Waals surface area contributed by atoms with E-state index in [1.165, 1.54) is 5.56 Å². The van der Waals surface area contributed by atoms with Gasteiger partial charge < -0.3 is 9.88 Å². The maximum Gasteiger partial charge on any atom is 0.238 e. The van der Waals surface area contributed by atoms with Gasteiger partial charge in [-0.3, -0.25) is 14.6 Å². The summed E-state index contributed by atoms with van der Waals surface area (Å²) in [6.45, 7) is 4.61. The predicted octanol–water partition coefficient (Wildman–Crippen LogP) is 4.81. The molecular formula is C22H23ClN4OS2. The molecule has 3 aromatic rings. The Morgan fingerprint density at radius 1 is 1.00 bits per heavy atom. The molecule has 0 bridgehead atoms. The highest BCUT2D eigenvalue weighted by Crippen LogP contribution is 2.24. The normalized spacial score (nSPS) is 15.2. The van der Waals surface area contributed by atoms with Gasteiger partial charge >= 0.3 is 0 Å². The maximum absolute atomic E-state index is 12.4. The average Bonchev–Trinajstić information content (AvgIpc) is 3.12. The van der Waals surface area contributed by atoms with Gasteiger partial charge in [-0.05, 0) is 29.9 Å². The lowest BCUT2D eigenvalue weighted by Gasteiger charge is -2.34. The van der Waals surface area contributed by atoms with Crippen molar-refractivity contribution in [1.82, 2.24) is 14.4 Å². The largest absolute Gasteiger partial charge is 0.324 e. The van der Waals surface area contributed by atoms with Crippen LogP contribution in [0, 0.1) is 3.95 Å². The molecule has 0 unspecified atom stereocenters. The van der Waals surface area contributed by atoms with Crippen molar-refractivity contribution in [1.29, 1.82) is 0 Å². The highest BCUT2D eigenvalue weighted by atomic mass is 35.5. The van der Waals surface area contributed by atoms with Crippen molar-refractivity contribution in [3.63, 3.8) is 0 Å². The fraction of sp³-hybridized carbons (Fsp3) is 0.273. The van der Waals surface area contributed by atoms with Gasteiger partial charge in [0.2, 0.25) is 5.91 Å². The lowest BCUT2D eigenvalue weighted by Crippen LogP contribution is -2.48. The Kier molecular flexibility index (Phi) is 6.97. The molecule has 1 fully saturated rings. The number of amides is 1. The molecule has 30 heavy (non-hydrogen) atoms. The summed E-state index contributed by atoms with van der Waals surface area (Å²) in [5.41, 5.74) is 3.00. The zero-order valence-electron chi connectivity index (χ0n) is 16.5. The van der Waals surface area contributed by atoms with Gasteiger partial charge in [0.1, 0.15) is 0 Å². The molecule has 0 spiro atoms. The molecule has 1 aliphatic heterocycles. The van der Waals surface area contributed by atoms with Crippen LogP contribution in [0.2, 0.25) is 5.02 Å². The van der Waals surface area contributed by atoms with E-state index in [0.29, 0.717) is 17.3 Å². The molecule has 0 aliphatic carbocycles. The highest BCUT2D eigenvalue weighted by molar-refractivity contribution is 7.73. The van der Waals surface area contributed by atoms with Crippen LogP contribution in [0.5, 0.6) is 0 Å². The zero-order chi connectivity index (χ0) is 20.9. The van der Waals surface area contributed by atoms with Gasteiger partial charge in [0.05, 0.1) is 29.6 Å². The number of carbonyl (C=O) groups is 1. The van der Waals surface area contributed by atoms with Crippen LogP contribution in [0.1, 0.15) is 0 Å². The van der Waals surface area contributed by atoms with Gasteiger partial charge in [-0.1, -0.05) is 54.1 Å². The number of carbonyl (C=O) groups excluding carboxylic acids is 1. The first-order valence-electron chi connectivity index (χ1n) is 9.83. The van der Waals surface area contributed by atoms with Gasteiger partial charge in [0.25, 0.3) is 0 Å². The van der Waals surface area contributed by atoms with E-state index in [0.717, 1.165) is 42.5 Å². The Morgan fingerprint density at radius 2 is 1.67 bits per heavy atom. The molecule has 8 heteroatoms. The van der Waals surface area contributed by atoms with E-state index < -0.39 is 0 Å². The molecule has 5 nitrogen and oxygen atoms in total. The number of piperazine rings is 1. The van der Waals surface area contributed by atoms with Crippen LogP contribution < -0.4 is 5.32 Å². The van der Waals surface area contributed by atoms with E-state index in [4.69, 9.17) is 23.8 Å². The first-order valence-corrected chi connectivity index (χ1v) is 11.5. The van der Waals surface area contributed by atoms with Crippen LogP contribution in [0.4, 0.5) is 5.69 Å². The number of halogens is 1. The molecule has 1 amide bonds. The number of hydrogen-bond acceptors (Lipinski definition) is 5. The minimum Gasteiger partial charge on any atom is -0.324 e. The van der Waals surface area contributed by atoms with Crippen LogP contribution >= 0.6 is 35.2 Å². The van der Waals surface area contributed by atoms with Crippen LogP contribution in [0.15, 0.2) is 60.0 Å². The van der Waals surface area contributed by atoms with E-state index in [2.05, 4.69) is 37.2 Å². The fourth-order valence-electron chi connectivity index (χ4n) is 3.54. The number of hydrogen-bond donors (Lipinski definition) is 1. The molecule has 4 rings (SSSR count). The number of anilines is 1. The van der Waals surface area contributed by atoms with Crippen LogP contribution in [0.3, 0.4) is 0 Å². The van der Waals surface area contributed by atoms with Gasteiger partial charge in [0, 0.05) is 31.6 Å². The van der Waals surface area contributed by atoms with E-state index in [-0.39, 0.29) is 5.91 Å². The second kappa shape index (κ2) is 9.85. The molecule has 2 heterocycles. The molecule has 0 radical (unpaired) electrons. The number of thiazole rings is 1. The standard InChI is InChI=1S/C22H23ClN4OS2/c23-18-8-4-5-9-19(18)24-21(28)14-25-10-12-26(13-11-25)16-27-20(15-30-22(27)29)17-6-2-1-3-7-17/h1-9,15H,10-14,16H2,(H,24,28). The lowest BCUT2D eigenvalue weighted by atomic mass is 10.2. The Labute approximate surface area is 190 Å². The molecule has 1 aliphatic rings. The Balaban J connectivity index is 1.32. The second-order valence-electron chi connectivity index (χ2n) is 7.24. The molecule has 2 aromatic carbocycles. The first kappa shape index (κ1) is 21.2. The fourth-order valence-corrected chi connectivity index (χ4v) is 4.79. The summed E-state index contributed by atoms with van der Waals surface area (Å²) in [5.74, 6) is -0.0389. The van der Waals surface area contributed by atoms with Crippen molar-refractivity contribution < 1.29 is 4.79 Å². The van der Waals surface area contributed by atoms with Crippen molar-refractivity contribution in [3.8, 4) is 11.3 Å². The number of aromatic nitrogens is 1. The molecule has 1 aromatic heterocycles. The summed E-state index contributed by atoms with van der Waals surface area (Å²) in [7, 11) is 0. The van der Waals surface area contributed by atoms with Crippen molar-refractivity contribution in [2.75, 3.05) is 38.0 Å². The minimum atomic E-state index is -0.0389. The number of benzene rings is 2. The molecular weight excluding hydrogens is 436 g/mol. The third-order valence-corrected chi connectivity index (χ3v) is 6.78. The molecule has 156 valence electrons.